The van der Waals surface area contributed by atoms with Crippen LogP contribution in [0.3, 0.4) is 0 Å². The number of methoxy groups -OCH3 is 1. The summed E-state index contributed by atoms with van der Waals surface area (Å²) < 4.78 is 73.2. The average molecular weight is 426 g/mol. The number of aromatic nitrogens is 2. The van der Waals surface area contributed by atoms with E-state index in [1.54, 1.807) is 0 Å². The molecule has 0 radical (unpaired) electrons. The van der Waals surface area contributed by atoms with Gasteiger partial charge in [-0.15, -0.1) is 0 Å². The molecule has 0 aliphatic rings. The van der Waals surface area contributed by atoms with Crippen molar-refractivity contribution in [3.05, 3.63) is 59.8 Å². The molecule has 0 aliphatic carbocycles. The van der Waals surface area contributed by atoms with Gasteiger partial charge in [0.1, 0.15) is 23.2 Å². The third kappa shape index (κ3) is 4.34. The first kappa shape index (κ1) is 21.1. The number of carbonyl (C=O) groups excluding carboxylic acids is 1. The van der Waals surface area contributed by atoms with Crippen LogP contribution in [0.15, 0.2) is 42.5 Å². The number of halogens is 5. The number of alkyl halides is 3. The minimum Gasteiger partial charge on any atom is -0.497 e. The van der Waals surface area contributed by atoms with E-state index in [-0.39, 0.29) is 22.6 Å². The van der Waals surface area contributed by atoms with Crippen molar-refractivity contribution in [1.29, 1.82) is 0 Å². The Hall–Kier alpha value is -3.63. The van der Waals surface area contributed by atoms with Crippen LogP contribution in [-0.2, 0) is 13.2 Å². The summed E-state index contributed by atoms with van der Waals surface area (Å²) in [4.78, 5) is 12.3. The van der Waals surface area contributed by atoms with Crippen molar-refractivity contribution in [1.82, 2.24) is 9.78 Å². The highest BCUT2D eigenvalue weighted by molar-refractivity contribution is 6.02. The van der Waals surface area contributed by atoms with Gasteiger partial charge in [-0.05, 0) is 29.8 Å². The summed E-state index contributed by atoms with van der Waals surface area (Å²) in [5.41, 5.74) is -1.81. The molecular weight excluding hydrogens is 411 g/mol. The lowest BCUT2D eigenvalue weighted by molar-refractivity contribution is -0.140. The van der Waals surface area contributed by atoms with Gasteiger partial charge in [0.25, 0.3) is 0 Å². The number of nitrogens with one attached hydrogen (secondary N) is 2. The van der Waals surface area contributed by atoms with Gasteiger partial charge in [0.15, 0.2) is 5.69 Å². The minimum atomic E-state index is -4.80. The predicted octanol–water partition coefficient (Wildman–Crippen LogP) is 5.04. The Morgan fingerprint density at radius 1 is 1.07 bits per heavy atom. The third-order valence-corrected chi connectivity index (χ3v) is 4.11. The quantitative estimate of drug-likeness (QED) is 0.575. The van der Waals surface area contributed by atoms with Gasteiger partial charge >= 0.3 is 12.2 Å². The molecular formula is C19H15F5N4O2. The molecule has 158 valence electrons. The summed E-state index contributed by atoms with van der Waals surface area (Å²) in [5.74, 6) is -1.73. The standard InChI is InChI=1S/C19H15F5N4O2/c1-28-17(26-18(29)25-14-8-5-11(20)9-13(14)21)15(16(27-28)19(22,23)24)10-3-6-12(30-2)7-4-10/h3-9H,1-2H3,(H2,25,26,29). The van der Waals surface area contributed by atoms with E-state index in [2.05, 4.69) is 15.7 Å². The molecule has 0 atom stereocenters. The topological polar surface area (TPSA) is 68.2 Å². The second-order valence-corrected chi connectivity index (χ2v) is 6.13. The molecule has 0 unspecified atom stereocenters. The van der Waals surface area contributed by atoms with E-state index in [4.69, 9.17) is 4.74 Å². The fourth-order valence-electron chi connectivity index (χ4n) is 2.75. The lowest BCUT2D eigenvalue weighted by Gasteiger charge is -2.12. The summed E-state index contributed by atoms with van der Waals surface area (Å²) in [6.07, 6.45) is -4.80. The smallest absolute Gasteiger partial charge is 0.435 e. The number of benzene rings is 2. The Kier molecular flexibility index (Phi) is 5.63. The molecule has 2 N–H and O–H groups in total. The van der Waals surface area contributed by atoms with E-state index in [1.807, 2.05) is 0 Å². The van der Waals surface area contributed by atoms with Crippen molar-refractivity contribution in [3.63, 3.8) is 0 Å². The predicted molar refractivity (Wildman–Crippen MR) is 99.2 cm³/mol. The number of hydrogen-bond donors (Lipinski definition) is 2. The number of aryl methyl sites for hydroxylation is 1. The van der Waals surface area contributed by atoms with Crippen molar-refractivity contribution >= 4 is 17.5 Å². The van der Waals surface area contributed by atoms with Crippen molar-refractivity contribution in [3.8, 4) is 16.9 Å². The first-order valence-electron chi connectivity index (χ1n) is 8.42. The molecule has 0 fully saturated rings. The van der Waals surface area contributed by atoms with Gasteiger partial charge in [-0.25, -0.2) is 13.6 Å². The Morgan fingerprint density at radius 2 is 1.73 bits per heavy atom. The molecule has 0 spiro atoms. The Bertz CT molecular complexity index is 1080. The molecule has 0 saturated heterocycles. The molecule has 0 saturated carbocycles. The van der Waals surface area contributed by atoms with Crippen LogP contribution in [0.1, 0.15) is 5.69 Å². The first-order valence-corrected chi connectivity index (χ1v) is 8.42. The van der Waals surface area contributed by atoms with E-state index >= 15 is 0 Å². The van der Waals surface area contributed by atoms with Crippen LogP contribution in [0, 0.1) is 11.6 Å². The zero-order chi connectivity index (χ0) is 22.1. The molecule has 2 amide bonds. The monoisotopic (exact) mass is 426 g/mol. The molecule has 30 heavy (non-hydrogen) atoms. The van der Waals surface area contributed by atoms with E-state index in [0.29, 0.717) is 11.8 Å². The van der Waals surface area contributed by atoms with Gasteiger partial charge in [-0.2, -0.15) is 18.3 Å². The number of hydrogen-bond acceptors (Lipinski definition) is 3. The van der Waals surface area contributed by atoms with Gasteiger partial charge in [0.05, 0.1) is 18.4 Å². The van der Waals surface area contributed by atoms with Crippen molar-refractivity contribution < 1.29 is 31.5 Å². The maximum atomic E-state index is 13.7. The van der Waals surface area contributed by atoms with Crippen molar-refractivity contribution in [2.75, 3.05) is 17.7 Å². The van der Waals surface area contributed by atoms with Crippen molar-refractivity contribution in [2.45, 2.75) is 6.18 Å². The molecule has 11 heteroatoms. The third-order valence-electron chi connectivity index (χ3n) is 4.11. The maximum absolute atomic E-state index is 13.7. The van der Waals surface area contributed by atoms with Gasteiger partial charge in [-0.3, -0.25) is 10.00 Å². The van der Waals surface area contributed by atoms with Gasteiger partial charge < -0.3 is 10.1 Å². The second-order valence-electron chi connectivity index (χ2n) is 6.13. The SMILES string of the molecule is COc1ccc(-c2c(C(F)(F)F)nn(C)c2NC(=O)Nc2ccc(F)cc2F)cc1. The van der Waals surface area contributed by atoms with Crippen LogP contribution >= 0.6 is 0 Å². The summed E-state index contributed by atoms with van der Waals surface area (Å²) in [6.45, 7) is 0. The van der Waals surface area contributed by atoms with Crippen LogP contribution < -0.4 is 15.4 Å². The first-order chi connectivity index (χ1) is 14.1. The van der Waals surface area contributed by atoms with Crippen LogP contribution in [0.2, 0.25) is 0 Å². The van der Waals surface area contributed by atoms with Gasteiger partial charge in [0, 0.05) is 13.1 Å². The van der Waals surface area contributed by atoms with Crippen LogP contribution in [0.25, 0.3) is 11.1 Å². The van der Waals surface area contributed by atoms with E-state index in [1.165, 1.54) is 38.4 Å². The average Bonchev–Trinajstić information content (AvgIpc) is 3.01. The number of ether oxygens (including phenoxy) is 1. The zero-order valence-electron chi connectivity index (χ0n) is 15.6. The fourth-order valence-corrected chi connectivity index (χ4v) is 2.75. The molecule has 3 rings (SSSR count). The second kappa shape index (κ2) is 8.01. The normalized spacial score (nSPS) is 11.3. The molecule has 0 aliphatic heterocycles. The van der Waals surface area contributed by atoms with Crippen LogP contribution in [-0.4, -0.2) is 22.9 Å². The molecule has 0 bridgehead atoms. The Morgan fingerprint density at radius 3 is 2.30 bits per heavy atom. The number of carbonyl (C=O) groups is 1. The van der Waals surface area contributed by atoms with E-state index < -0.39 is 29.5 Å². The van der Waals surface area contributed by atoms with Crippen LogP contribution in [0.4, 0.5) is 38.3 Å². The Labute approximate surface area is 167 Å². The summed E-state index contributed by atoms with van der Waals surface area (Å²) >= 11 is 0. The van der Waals surface area contributed by atoms with Crippen molar-refractivity contribution in [2.24, 2.45) is 7.05 Å². The van der Waals surface area contributed by atoms with Gasteiger partial charge in [0.2, 0.25) is 0 Å². The Balaban J connectivity index is 1.99. The summed E-state index contributed by atoms with van der Waals surface area (Å²) in [7, 11) is 2.63. The summed E-state index contributed by atoms with van der Waals surface area (Å²) in [6, 6.07) is 7.12. The van der Waals surface area contributed by atoms with E-state index in [0.717, 1.165) is 16.8 Å². The lowest BCUT2D eigenvalue weighted by atomic mass is 10.0. The zero-order valence-corrected chi connectivity index (χ0v) is 15.6. The number of nitrogens with zero attached hydrogens (tertiary/aromatic N) is 2. The van der Waals surface area contributed by atoms with Crippen LogP contribution in [0.5, 0.6) is 5.75 Å². The molecule has 3 aromatic rings. The number of urea groups is 1. The summed E-state index contributed by atoms with van der Waals surface area (Å²) in [5, 5.41) is 7.86. The minimum absolute atomic E-state index is 0.125. The molecule has 1 aromatic heterocycles. The number of anilines is 2. The molecule has 2 aromatic carbocycles. The highest BCUT2D eigenvalue weighted by Gasteiger charge is 2.39. The number of rotatable bonds is 4. The maximum Gasteiger partial charge on any atom is 0.435 e. The molecule has 6 nitrogen and oxygen atoms in total. The largest absolute Gasteiger partial charge is 0.497 e. The van der Waals surface area contributed by atoms with E-state index in [9.17, 15) is 26.7 Å². The van der Waals surface area contributed by atoms with Gasteiger partial charge in [-0.1, -0.05) is 12.1 Å². The molecule has 1 heterocycles. The lowest BCUT2D eigenvalue weighted by Crippen LogP contribution is -2.22. The fraction of sp³-hybridized carbons (Fsp3) is 0.158. The highest BCUT2D eigenvalue weighted by Crippen LogP contribution is 2.41. The number of amides is 2. The highest BCUT2D eigenvalue weighted by atomic mass is 19.4.